The Morgan fingerprint density at radius 2 is 2.05 bits per heavy atom. The van der Waals surface area contributed by atoms with Gasteiger partial charge in [0.1, 0.15) is 11.6 Å². The molecule has 3 rings (SSSR count). The summed E-state index contributed by atoms with van der Waals surface area (Å²) in [6.07, 6.45) is 0.665. The van der Waals surface area contributed by atoms with Crippen molar-refractivity contribution in [2.75, 3.05) is 7.11 Å². The van der Waals surface area contributed by atoms with Gasteiger partial charge in [0.15, 0.2) is 0 Å². The zero-order valence-electron chi connectivity index (χ0n) is 10.5. The molecule has 0 atom stereocenters. The molecule has 19 heavy (non-hydrogen) atoms. The minimum absolute atomic E-state index is 0.665. The number of imidazole rings is 1. The lowest BCUT2D eigenvalue weighted by molar-refractivity contribution is 0.410. The summed E-state index contributed by atoms with van der Waals surface area (Å²) in [6.45, 7) is 0. The number of halogens is 1. The first-order valence-corrected chi connectivity index (χ1v) is 6.40. The number of para-hydroxylation sites is 2. The Morgan fingerprint density at radius 3 is 2.84 bits per heavy atom. The molecule has 0 aliphatic carbocycles. The van der Waals surface area contributed by atoms with Crippen molar-refractivity contribution in [1.29, 1.82) is 0 Å². The van der Waals surface area contributed by atoms with E-state index in [-0.39, 0.29) is 0 Å². The van der Waals surface area contributed by atoms with Crippen molar-refractivity contribution in [1.82, 2.24) is 9.97 Å². The number of nitrogens with zero attached hydrogens (tertiary/aromatic N) is 1. The van der Waals surface area contributed by atoms with E-state index in [0.717, 1.165) is 28.2 Å². The average molecular weight is 273 g/mol. The summed E-state index contributed by atoms with van der Waals surface area (Å²) in [5.41, 5.74) is 3.03. The number of hydrogen-bond acceptors (Lipinski definition) is 2. The van der Waals surface area contributed by atoms with E-state index in [1.165, 1.54) is 0 Å². The van der Waals surface area contributed by atoms with Crippen LogP contribution in [0.15, 0.2) is 42.5 Å². The van der Waals surface area contributed by atoms with Crippen LogP contribution in [0.4, 0.5) is 0 Å². The number of fused-ring (bicyclic) bond motifs is 1. The van der Waals surface area contributed by atoms with Gasteiger partial charge in [-0.3, -0.25) is 0 Å². The van der Waals surface area contributed by atoms with Crippen molar-refractivity contribution in [2.45, 2.75) is 6.42 Å². The highest BCUT2D eigenvalue weighted by molar-refractivity contribution is 6.30. The molecule has 2 aromatic carbocycles. The van der Waals surface area contributed by atoms with E-state index in [9.17, 15) is 0 Å². The van der Waals surface area contributed by atoms with E-state index >= 15 is 0 Å². The average Bonchev–Trinajstić information content (AvgIpc) is 2.81. The predicted octanol–water partition coefficient (Wildman–Crippen LogP) is 3.82. The van der Waals surface area contributed by atoms with Gasteiger partial charge in [-0.15, -0.1) is 0 Å². The fourth-order valence-corrected chi connectivity index (χ4v) is 2.35. The molecule has 0 fully saturated rings. The minimum atomic E-state index is 0.665. The number of ether oxygens (including phenoxy) is 1. The third-order valence-corrected chi connectivity index (χ3v) is 3.27. The van der Waals surface area contributed by atoms with Gasteiger partial charge in [0.2, 0.25) is 0 Å². The van der Waals surface area contributed by atoms with Gasteiger partial charge in [0.05, 0.1) is 18.1 Å². The van der Waals surface area contributed by atoms with Gasteiger partial charge in [0, 0.05) is 17.0 Å². The molecule has 0 saturated heterocycles. The van der Waals surface area contributed by atoms with Gasteiger partial charge in [-0.25, -0.2) is 4.98 Å². The van der Waals surface area contributed by atoms with E-state index in [1.807, 2.05) is 42.5 Å². The van der Waals surface area contributed by atoms with Crippen LogP contribution in [0.3, 0.4) is 0 Å². The lowest BCUT2D eigenvalue weighted by Gasteiger charge is -2.07. The third-order valence-electron chi connectivity index (χ3n) is 3.04. The molecule has 0 spiro atoms. The molecule has 0 saturated carbocycles. The van der Waals surface area contributed by atoms with Gasteiger partial charge < -0.3 is 9.72 Å². The second-order valence-corrected chi connectivity index (χ2v) is 4.77. The summed E-state index contributed by atoms with van der Waals surface area (Å²) in [5, 5.41) is 0.701. The number of aromatic amines is 1. The first-order chi connectivity index (χ1) is 9.26. The van der Waals surface area contributed by atoms with Gasteiger partial charge in [0.25, 0.3) is 0 Å². The number of benzene rings is 2. The number of aromatic nitrogens is 2. The predicted molar refractivity (Wildman–Crippen MR) is 76.9 cm³/mol. The van der Waals surface area contributed by atoms with Gasteiger partial charge in [-0.1, -0.05) is 23.7 Å². The Kier molecular flexibility index (Phi) is 3.13. The van der Waals surface area contributed by atoms with Crippen LogP contribution in [0.1, 0.15) is 11.4 Å². The third kappa shape index (κ3) is 2.42. The number of methoxy groups -OCH3 is 1. The van der Waals surface area contributed by atoms with E-state index in [1.54, 1.807) is 7.11 Å². The maximum atomic E-state index is 6.03. The summed E-state index contributed by atoms with van der Waals surface area (Å²) >= 11 is 6.03. The molecule has 1 N–H and O–H groups in total. The molecule has 1 aromatic heterocycles. The molecule has 4 heteroatoms. The quantitative estimate of drug-likeness (QED) is 0.787. The molecule has 1 heterocycles. The van der Waals surface area contributed by atoms with E-state index < -0.39 is 0 Å². The molecular formula is C15H13ClN2O. The Hall–Kier alpha value is -2.00. The van der Waals surface area contributed by atoms with Crippen LogP contribution < -0.4 is 4.74 Å². The second kappa shape index (κ2) is 4.94. The Balaban J connectivity index is 1.98. The van der Waals surface area contributed by atoms with Crippen LogP contribution in [0.25, 0.3) is 11.0 Å². The van der Waals surface area contributed by atoms with Crippen molar-refractivity contribution in [2.24, 2.45) is 0 Å². The Bertz CT molecular complexity index is 688. The number of hydrogen-bond donors (Lipinski definition) is 1. The van der Waals surface area contributed by atoms with Crippen molar-refractivity contribution >= 4 is 22.6 Å². The maximum Gasteiger partial charge on any atom is 0.122 e. The smallest absolute Gasteiger partial charge is 0.122 e. The molecule has 0 bridgehead atoms. The summed E-state index contributed by atoms with van der Waals surface area (Å²) < 4.78 is 5.35. The van der Waals surface area contributed by atoms with Crippen molar-refractivity contribution < 1.29 is 4.74 Å². The monoisotopic (exact) mass is 272 g/mol. The normalized spacial score (nSPS) is 10.8. The van der Waals surface area contributed by atoms with Crippen LogP contribution in [0.5, 0.6) is 5.75 Å². The first-order valence-electron chi connectivity index (χ1n) is 6.02. The first kappa shape index (κ1) is 12.1. The highest BCUT2D eigenvalue weighted by Crippen LogP contribution is 2.25. The summed E-state index contributed by atoms with van der Waals surface area (Å²) in [4.78, 5) is 7.86. The SMILES string of the molecule is COc1ccc(Cl)cc1Cc1nc2ccccc2[nH]1. The van der Waals surface area contributed by atoms with Gasteiger partial charge >= 0.3 is 0 Å². The molecular weight excluding hydrogens is 260 g/mol. The van der Waals surface area contributed by atoms with Crippen LogP contribution in [0.2, 0.25) is 5.02 Å². The van der Waals surface area contributed by atoms with E-state index in [0.29, 0.717) is 11.4 Å². The van der Waals surface area contributed by atoms with E-state index in [4.69, 9.17) is 16.3 Å². The lowest BCUT2D eigenvalue weighted by atomic mass is 10.1. The number of rotatable bonds is 3. The molecule has 3 nitrogen and oxygen atoms in total. The minimum Gasteiger partial charge on any atom is -0.496 e. The fraction of sp³-hybridized carbons (Fsp3) is 0.133. The zero-order chi connectivity index (χ0) is 13.2. The lowest BCUT2D eigenvalue weighted by Crippen LogP contribution is -1.95. The topological polar surface area (TPSA) is 37.9 Å². The molecule has 3 aromatic rings. The standard InChI is InChI=1S/C15H13ClN2O/c1-19-14-7-6-11(16)8-10(14)9-15-17-12-4-2-3-5-13(12)18-15/h2-8H,9H2,1H3,(H,17,18). The van der Waals surface area contributed by atoms with Crippen molar-refractivity contribution in [3.05, 3.63) is 58.9 Å². The molecule has 0 radical (unpaired) electrons. The summed E-state index contributed by atoms with van der Waals surface area (Å²) in [7, 11) is 1.66. The highest BCUT2D eigenvalue weighted by Gasteiger charge is 2.08. The molecule has 0 amide bonds. The number of H-pyrrole nitrogens is 1. The van der Waals surface area contributed by atoms with Gasteiger partial charge in [-0.05, 0) is 30.3 Å². The maximum absolute atomic E-state index is 6.03. The zero-order valence-corrected chi connectivity index (χ0v) is 11.2. The molecule has 96 valence electrons. The van der Waals surface area contributed by atoms with E-state index in [2.05, 4.69) is 9.97 Å². The Morgan fingerprint density at radius 1 is 1.21 bits per heavy atom. The van der Waals surface area contributed by atoms with Crippen LogP contribution in [-0.2, 0) is 6.42 Å². The fourth-order valence-electron chi connectivity index (χ4n) is 2.16. The van der Waals surface area contributed by atoms with Crippen molar-refractivity contribution in [3.63, 3.8) is 0 Å². The second-order valence-electron chi connectivity index (χ2n) is 4.33. The largest absolute Gasteiger partial charge is 0.496 e. The van der Waals surface area contributed by atoms with Gasteiger partial charge in [-0.2, -0.15) is 0 Å². The molecule has 0 aliphatic rings. The molecule has 0 aliphatic heterocycles. The molecule has 0 unspecified atom stereocenters. The number of nitrogens with one attached hydrogen (secondary N) is 1. The van der Waals surface area contributed by atoms with Crippen LogP contribution in [-0.4, -0.2) is 17.1 Å². The van der Waals surface area contributed by atoms with Crippen LogP contribution in [0, 0.1) is 0 Å². The highest BCUT2D eigenvalue weighted by atomic mass is 35.5. The summed E-state index contributed by atoms with van der Waals surface area (Å²) in [6, 6.07) is 13.6. The Labute approximate surface area is 116 Å². The van der Waals surface area contributed by atoms with Crippen LogP contribution >= 0.6 is 11.6 Å². The summed E-state index contributed by atoms with van der Waals surface area (Å²) in [5.74, 6) is 1.73. The van der Waals surface area contributed by atoms with Crippen molar-refractivity contribution in [3.8, 4) is 5.75 Å².